The van der Waals surface area contributed by atoms with E-state index in [0.717, 1.165) is 11.0 Å². The fraction of sp³-hybridized carbons (Fsp3) is 0.0769. The Morgan fingerprint density at radius 1 is 1.43 bits per heavy atom. The molecule has 21 heavy (non-hydrogen) atoms. The van der Waals surface area contributed by atoms with Crippen molar-refractivity contribution < 1.29 is 19.6 Å². The maximum absolute atomic E-state index is 12.0. The number of phenolic OH excluding ortho intramolecular Hbond substituents is 1. The van der Waals surface area contributed by atoms with E-state index in [-0.39, 0.29) is 17.0 Å². The number of carbonyl (C=O) groups is 2. The zero-order valence-electron chi connectivity index (χ0n) is 10.7. The molecule has 1 aliphatic heterocycles. The van der Waals surface area contributed by atoms with Gasteiger partial charge in [0.05, 0.1) is 9.83 Å². The average Bonchev–Trinajstić information content (AvgIpc) is 2.69. The fourth-order valence-electron chi connectivity index (χ4n) is 1.74. The molecule has 0 radical (unpaired) electrons. The third-order valence-corrected chi connectivity index (χ3v) is 3.62. The van der Waals surface area contributed by atoms with E-state index >= 15 is 0 Å². The Morgan fingerprint density at radius 2 is 2.14 bits per heavy atom. The molecule has 0 spiro atoms. The molecule has 1 aromatic rings. The number of benzene rings is 1. The Kier molecular flexibility index (Phi) is 4.08. The van der Waals surface area contributed by atoms with Crippen molar-refractivity contribution in [3.05, 3.63) is 51.4 Å². The molecule has 1 aromatic carbocycles. The minimum atomic E-state index is -0.726. The number of nitro benzene ring substituents is 1. The third kappa shape index (κ3) is 2.79. The number of carbonyl (C=O) groups excluding carboxylic acids is 2. The second kappa shape index (κ2) is 5.80. The van der Waals surface area contributed by atoms with Crippen LogP contribution in [-0.2, 0) is 4.79 Å². The predicted octanol–water partition coefficient (Wildman–Crippen LogP) is 2.52. The van der Waals surface area contributed by atoms with E-state index in [1.807, 2.05) is 0 Å². The first-order valence-corrected chi connectivity index (χ1v) is 6.60. The van der Waals surface area contributed by atoms with Crippen LogP contribution in [-0.4, -0.2) is 32.6 Å². The predicted molar refractivity (Wildman–Crippen MR) is 77.6 cm³/mol. The maximum Gasteiger partial charge on any atom is 0.311 e. The monoisotopic (exact) mass is 306 g/mol. The second-order valence-corrected chi connectivity index (χ2v) is 5.05. The summed E-state index contributed by atoms with van der Waals surface area (Å²) in [5.74, 6) is -1.06. The highest BCUT2D eigenvalue weighted by molar-refractivity contribution is 8.18. The molecule has 0 aromatic heterocycles. The van der Waals surface area contributed by atoms with Crippen molar-refractivity contribution in [2.24, 2.45) is 0 Å². The van der Waals surface area contributed by atoms with Crippen LogP contribution in [0.15, 0.2) is 35.8 Å². The molecular weight excluding hydrogens is 296 g/mol. The highest BCUT2D eigenvalue weighted by atomic mass is 32.2. The smallest absolute Gasteiger partial charge is 0.311 e. The van der Waals surface area contributed by atoms with Crippen LogP contribution in [0.25, 0.3) is 6.08 Å². The fourth-order valence-corrected chi connectivity index (χ4v) is 2.58. The minimum absolute atomic E-state index is 0.0862. The van der Waals surface area contributed by atoms with Crippen molar-refractivity contribution in [3.8, 4) is 5.75 Å². The number of hydrogen-bond donors (Lipinski definition) is 1. The number of para-hydroxylation sites is 1. The summed E-state index contributed by atoms with van der Waals surface area (Å²) in [4.78, 5) is 34.7. The summed E-state index contributed by atoms with van der Waals surface area (Å²) < 4.78 is 0. The molecule has 0 saturated carbocycles. The summed E-state index contributed by atoms with van der Waals surface area (Å²) in [6.45, 7) is 3.54. The van der Waals surface area contributed by atoms with Crippen molar-refractivity contribution in [1.82, 2.24) is 4.90 Å². The summed E-state index contributed by atoms with van der Waals surface area (Å²) in [7, 11) is 0. The van der Waals surface area contributed by atoms with Gasteiger partial charge < -0.3 is 5.11 Å². The molecule has 2 rings (SSSR count). The number of rotatable bonds is 4. The molecule has 1 saturated heterocycles. The average molecular weight is 306 g/mol. The number of nitro groups is 1. The Hall–Kier alpha value is -2.61. The molecule has 1 fully saturated rings. The summed E-state index contributed by atoms with van der Waals surface area (Å²) in [6, 6.07) is 3.96. The van der Waals surface area contributed by atoms with Gasteiger partial charge in [-0.05, 0) is 17.8 Å². The number of aromatic hydroxyl groups is 1. The van der Waals surface area contributed by atoms with E-state index in [9.17, 15) is 24.8 Å². The quantitative estimate of drug-likeness (QED) is 0.397. The standard InChI is InChI=1S/C13H10N2O5S/c1-2-6-14-12(17)10(21-13(14)18)7-8-4-3-5-9(11(8)16)15(19)20/h2-5,7,16H,1,6H2. The molecule has 2 amide bonds. The first kappa shape index (κ1) is 14.8. The third-order valence-electron chi connectivity index (χ3n) is 2.71. The molecule has 0 aliphatic carbocycles. The Bertz CT molecular complexity index is 683. The van der Waals surface area contributed by atoms with Crippen LogP contribution in [0, 0.1) is 10.1 Å². The molecule has 1 aliphatic rings. The minimum Gasteiger partial charge on any atom is -0.502 e. The van der Waals surface area contributed by atoms with Gasteiger partial charge in [0.25, 0.3) is 11.1 Å². The molecule has 1 N–H and O–H groups in total. The molecule has 0 unspecified atom stereocenters. The number of hydrogen-bond acceptors (Lipinski definition) is 6. The number of nitrogens with zero attached hydrogens (tertiary/aromatic N) is 2. The largest absolute Gasteiger partial charge is 0.502 e. The normalized spacial score (nSPS) is 16.6. The van der Waals surface area contributed by atoms with Gasteiger partial charge in [-0.15, -0.1) is 6.58 Å². The van der Waals surface area contributed by atoms with Gasteiger partial charge in [0, 0.05) is 18.2 Å². The van der Waals surface area contributed by atoms with Crippen LogP contribution in [0.3, 0.4) is 0 Å². The highest BCUT2D eigenvalue weighted by Crippen LogP contribution is 2.36. The maximum atomic E-state index is 12.0. The van der Waals surface area contributed by atoms with Gasteiger partial charge in [0.2, 0.25) is 5.75 Å². The van der Waals surface area contributed by atoms with E-state index < -0.39 is 27.5 Å². The second-order valence-electron chi connectivity index (χ2n) is 4.05. The first-order valence-electron chi connectivity index (χ1n) is 5.78. The Balaban J connectivity index is 2.39. The van der Waals surface area contributed by atoms with Crippen molar-refractivity contribution >= 4 is 34.7 Å². The lowest BCUT2D eigenvalue weighted by atomic mass is 10.1. The van der Waals surface area contributed by atoms with Crippen molar-refractivity contribution in [2.75, 3.05) is 6.54 Å². The first-order chi connectivity index (χ1) is 9.95. The lowest BCUT2D eigenvalue weighted by Crippen LogP contribution is -2.27. The number of phenols is 1. The van der Waals surface area contributed by atoms with Crippen LogP contribution in [0.5, 0.6) is 5.75 Å². The summed E-state index contributed by atoms with van der Waals surface area (Å²) in [5, 5.41) is 20.1. The van der Waals surface area contributed by atoms with Crippen molar-refractivity contribution in [1.29, 1.82) is 0 Å². The van der Waals surface area contributed by atoms with Gasteiger partial charge in [-0.1, -0.05) is 18.2 Å². The van der Waals surface area contributed by atoms with E-state index in [0.29, 0.717) is 11.8 Å². The van der Waals surface area contributed by atoms with Gasteiger partial charge in [-0.3, -0.25) is 24.6 Å². The lowest BCUT2D eigenvalue weighted by Gasteiger charge is -2.07. The SMILES string of the molecule is C=CCN1C(=O)SC(=Cc2cccc([N+](=O)[O-])c2O)C1=O. The lowest BCUT2D eigenvalue weighted by molar-refractivity contribution is -0.385. The van der Waals surface area contributed by atoms with E-state index in [2.05, 4.69) is 6.58 Å². The zero-order chi connectivity index (χ0) is 15.6. The molecule has 1 heterocycles. The van der Waals surface area contributed by atoms with Gasteiger partial charge in [-0.2, -0.15) is 0 Å². The zero-order valence-corrected chi connectivity index (χ0v) is 11.5. The summed E-state index contributed by atoms with van der Waals surface area (Å²) in [6.07, 6.45) is 2.68. The van der Waals surface area contributed by atoms with Crippen molar-refractivity contribution in [3.63, 3.8) is 0 Å². The van der Waals surface area contributed by atoms with Gasteiger partial charge >= 0.3 is 5.69 Å². The highest BCUT2D eigenvalue weighted by Gasteiger charge is 2.34. The molecule has 0 bridgehead atoms. The number of thioether (sulfide) groups is 1. The Labute approximate surface area is 123 Å². The van der Waals surface area contributed by atoms with Crippen LogP contribution < -0.4 is 0 Å². The van der Waals surface area contributed by atoms with Crippen LogP contribution >= 0.6 is 11.8 Å². The van der Waals surface area contributed by atoms with Crippen LogP contribution in [0.1, 0.15) is 5.56 Å². The van der Waals surface area contributed by atoms with Crippen LogP contribution in [0.2, 0.25) is 0 Å². The summed E-state index contributed by atoms with van der Waals surface area (Å²) >= 11 is 0.709. The molecule has 8 heteroatoms. The van der Waals surface area contributed by atoms with Crippen molar-refractivity contribution in [2.45, 2.75) is 0 Å². The Morgan fingerprint density at radius 3 is 2.76 bits per heavy atom. The van der Waals surface area contributed by atoms with E-state index in [4.69, 9.17) is 0 Å². The number of imide groups is 1. The van der Waals surface area contributed by atoms with Gasteiger partial charge in [-0.25, -0.2) is 0 Å². The topological polar surface area (TPSA) is 101 Å². The molecule has 7 nitrogen and oxygen atoms in total. The number of amides is 2. The molecular formula is C13H10N2O5S. The van der Waals surface area contributed by atoms with E-state index in [1.165, 1.54) is 24.3 Å². The molecule has 0 atom stereocenters. The molecule has 108 valence electrons. The van der Waals surface area contributed by atoms with E-state index in [1.54, 1.807) is 0 Å². The van der Waals surface area contributed by atoms with Gasteiger partial charge in [0.1, 0.15) is 0 Å². The van der Waals surface area contributed by atoms with Crippen LogP contribution in [0.4, 0.5) is 10.5 Å². The summed E-state index contributed by atoms with van der Waals surface area (Å²) in [5.41, 5.74) is -0.359. The van der Waals surface area contributed by atoms with Gasteiger partial charge in [0.15, 0.2) is 0 Å².